The number of nitrogens with zero attached hydrogens (tertiary/aromatic N) is 4. The third-order valence-corrected chi connectivity index (χ3v) is 12.7. The number of aromatic nitrogens is 4. The molecule has 7 heteroatoms. The largest absolute Gasteiger partial charge is 0.455 e. The van der Waals surface area contributed by atoms with Gasteiger partial charge in [0.2, 0.25) is 0 Å². The first-order chi connectivity index (χ1) is 28.7. The molecule has 0 atom stereocenters. The van der Waals surface area contributed by atoms with Crippen molar-refractivity contribution >= 4 is 97.2 Å². The van der Waals surface area contributed by atoms with Gasteiger partial charge in [-0.25, -0.2) is 15.0 Å². The zero-order valence-electron chi connectivity index (χ0n) is 30.7. The second-order valence-electron chi connectivity index (χ2n) is 14.7. The molecule has 0 aliphatic rings. The summed E-state index contributed by atoms with van der Waals surface area (Å²) in [4.78, 5) is 15.2. The van der Waals surface area contributed by atoms with Crippen molar-refractivity contribution < 1.29 is 8.83 Å². The molecule has 5 aromatic heterocycles. The Kier molecular flexibility index (Phi) is 6.50. The van der Waals surface area contributed by atoms with E-state index in [0.717, 1.165) is 71.0 Å². The van der Waals surface area contributed by atoms with Gasteiger partial charge in [0.1, 0.15) is 16.7 Å². The van der Waals surface area contributed by atoms with Gasteiger partial charge in [-0.2, -0.15) is 0 Å². The Balaban J connectivity index is 0.969. The van der Waals surface area contributed by atoms with E-state index >= 15 is 0 Å². The molecule has 0 spiro atoms. The van der Waals surface area contributed by atoms with Crippen LogP contribution in [-0.2, 0) is 0 Å². The van der Waals surface area contributed by atoms with E-state index in [-0.39, 0.29) is 0 Å². The molecule has 58 heavy (non-hydrogen) atoms. The van der Waals surface area contributed by atoms with Gasteiger partial charge in [-0.1, -0.05) is 109 Å². The Bertz CT molecular complexity index is 3760. The average molecular weight is 761 g/mol. The molecule has 13 aromatic rings. The fraction of sp³-hybridized carbons (Fsp3) is 0. The van der Waals surface area contributed by atoms with Crippen LogP contribution in [0.25, 0.3) is 126 Å². The van der Waals surface area contributed by atoms with Crippen molar-refractivity contribution in [2.75, 3.05) is 0 Å². The number of fused-ring (bicyclic) bond motifs is 13. The quantitative estimate of drug-likeness (QED) is 0.179. The van der Waals surface area contributed by atoms with E-state index in [1.54, 1.807) is 11.3 Å². The van der Waals surface area contributed by atoms with Crippen LogP contribution >= 0.6 is 11.3 Å². The topological polar surface area (TPSA) is 69.9 Å². The van der Waals surface area contributed by atoms with Gasteiger partial charge < -0.3 is 13.4 Å². The normalized spacial score (nSPS) is 12.1. The number of hydrogen-bond acceptors (Lipinski definition) is 6. The Morgan fingerprint density at radius 1 is 0.397 bits per heavy atom. The molecule has 0 aliphatic heterocycles. The average Bonchev–Trinajstić information content (AvgIpc) is 4.05. The van der Waals surface area contributed by atoms with Crippen molar-refractivity contribution in [3.05, 3.63) is 170 Å². The highest BCUT2D eigenvalue weighted by molar-refractivity contribution is 7.26. The SMILES string of the molecule is c1ccc(-c2nc(-c3ccc4c(c3)oc3c4ccc4c5cc(-n6c7ccccc7c7ccccc76)ccc5sc43)nc(-c3cccc4c3oc3ccccc34)n2)cc1. The molecule has 6 nitrogen and oxygen atoms in total. The van der Waals surface area contributed by atoms with Crippen LogP contribution in [0.15, 0.2) is 179 Å². The summed E-state index contributed by atoms with van der Waals surface area (Å²) in [6.45, 7) is 0. The third-order valence-electron chi connectivity index (χ3n) is 11.5. The molecular formula is C51H28N4O2S. The van der Waals surface area contributed by atoms with Gasteiger partial charge in [0.25, 0.3) is 0 Å². The fourth-order valence-electron chi connectivity index (χ4n) is 8.80. The molecule has 8 aromatic carbocycles. The molecule has 0 unspecified atom stereocenters. The van der Waals surface area contributed by atoms with Crippen molar-refractivity contribution in [1.29, 1.82) is 0 Å². The number of thiophene rings is 1. The van der Waals surface area contributed by atoms with Crippen LogP contribution in [-0.4, -0.2) is 19.5 Å². The number of hydrogen-bond donors (Lipinski definition) is 0. The first-order valence-corrected chi connectivity index (χ1v) is 20.1. The van der Waals surface area contributed by atoms with E-state index in [9.17, 15) is 0 Å². The number of furan rings is 2. The van der Waals surface area contributed by atoms with Gasteiger partial charge in [0.15, 0.2) is 23.1 Å². The summed E-state index contributed by atoms with van der Waals surface area (Å²) in [5, 5.41) is 9.13. The summed E-state index contributed by atoms with van der Waals surface area (Å²) in [6.07, 6.45) is 0. The molecule has 0 radical (unpaired) electrons. The number of para-hydroxylation sites is 4. The first-order valence-electron chi connectivity index (χ1n) is 19.3. The van der Waals surface area contributed by atoms with Crippen molar-refractivity contribution in [3.8, 4) is 39.9 Å². The highest BCUT2D eigenvalue weighted by atomic mass is 32.1. The van der Waals surface area contributed by atoms with E-state index in [0.29, 0.717) is 17.5 Å². The molecule has 0 aliphatic carbocycles. The van der Waals surface area contributed by atoms with Crippen LogP contribution in [0.1, 0.15) is 0 Å². The predicted octanol–water partition coefficient (Wildman–Crippen LogP) is 14.1. The predicted molar refractivity (Wildman–Crippen MR) is 238 cm³/mol. The minimum Gasteiger partial charge on any atom is -0.455 e. The molecule has 0 N–H and O–H groups in total. The van der Waals surface area contributed by atoms with E-state index in [1.807, 2.05) is 60.7 Å². The van der Waals surface area contributed by atoms with Crippen molar-refractivity contribution in [1.82, 2.24) is 19.5 Å². The lowest BCUT2D eigenvalue weighted by molar-refractivity contribution is 0.669. The molecule has 13 rings (SSSR count). The highest BCUT2D eigenvalue weighted by Crippen LogP contribution is 2.44. The summed E-state index contributed by atoms with van der Waals surface area (Å²) in [5.74, 6) is 1.69. The van der Waals surface area contributed by atoms with E-state index in [4.69, 9.17) is 23.8 Å². The van der Waals surface area contributed by atoms with Crippen LogP contribution < -0.4 is 0 Å². The van der Waals surface area contributed by atoms with Crippen LogP contribution in [0.2, 0.25) is 0 Å². The zero-order valence-corrected chi connectivity index (χ0v) is 31.5. The molecule has 0 fully saturated rings. The Labute approximate surface area is 333 Å². The highest BCUT2D eigenvalue weighted by Gasteiger charge is 2.20. The molecule has 0 saturated carbocycles. The summed E-state index contributed by atoms with van der Waals surface area (Å²) in [7, 11) is 0. The minimum absolute atomic E-state index is 0.547. The summed E-state index contributed by atoms with van der Waals surface area (Å²) in [5.41, 5.74) is 9.35. The van der Waals surface area contributed by atoms with Gasteiger partial charge in [-0.05, 0) is 60.7 Å². The lowest BCUT2D eigenvalue weighted by atomic mass is 10.1. The molecule has 0 bridgehead atoms. The lowest BCUT2D eigenvalue weighted by Gasteiger charge is -2.08. The Hall–Kier alpha value is -7.61. The molecular weight excluding hydrogens is 733 g/mol. The molecule has 5 heterocycles. The molecule has 0 saturated heterocycles. The minimum atomic E-state index is 0.547. The van der Waals surface area contributed by atoms with Gasteiger partial charge >= 0.3 is 0 Å². The van der Waals surface area contributed by atoms with Gasteiger partial charge in [-0.15, -0.1) is 11.3 Å². The van der Waals surface area contributed by atoms with Gasteiger partial charge in [0, 0.05) is 64.6 Å². The number of rotatable bonds is 4. The third kappa shape index (κ3) is 4.56. The van der Waals surface area contributed by atoms with E-state index in [2.05, 4.69) is 114 Å². The summed E-state index contributed by atoms with van der Waals surface area (Å²) < 4.78 is 18.0. The van der Waals surface area contributed by atoms with Crippen LogP contribution in [0.4, 0.5) is 0 Å². The van der Waals surface area contributed by atoms with Crippen LogP contribution in [0.3, 0.4) is 0 Å². The maximum absolute atomic E-state index is 6.82. The standard InChI is InChI=1S/C51H28N4O2S/c1-2-11-29(12-3-1)49-52-50(54-51(53-49)39-17-10-16-36-34-15-6-9-20-43(34)56-46(36)39)30-21-23-35-37-24-25-38-40-28-31(22-26-45(40)58-48(38)47(37)57-44(35)27-30)55-41-18-7-4-13-32(41)33-14-5-8-19-42(33)55/h1-28H. The van der Waals surface area contributed by atoms with Crippen LogP contribution in [0.5, 0.6) is 0 Å². The smallest absolute Gasteiger partial charge is 0.167 e. The maximum atomic E-state index is 6.82. The Morgan fingerprint density at radius 2 is 1.02 bits per heavy atom. The zero-order chi connectivity index (χ0) is 37.9. The van der Waals surface area contributed by atoms with Crippen LogP contribution in [0, 0.1) is 0 Å². The maximum Gasteiger partial charge on any atom is 0.167 e. The van der Waals surface area contributed by atoms with Gasteiger partial charge in [-0.3, -0.25) is 0 Å². The second-order valence-corrected chi connectivity index (χ2v) is 15.8. The number of benzene rings is 8. The van der Waals surface area contributed by atoms with Gasteiger partial charge in [0.05, 0.1) is 21.3 Å². The monoisotopic (exact) mass is 760 g/mol. The van der Waals surface area contributed by atoms with Crippen molar-refractivity contribution in [3.63, 3.8) is 0 Å². The molecule has 270 valence electrons. The van der Waals surface area contributed by atoms with E-state index in [1.165, 1.54) is 37.3 Å². The van der Waals surface area contributed by atoms with E-state index < -0.39 is 0 Å². The lowest BCUT2D eigenvalue weighted by Crippen LogP contribution is -2.00. The Morgan fingerprint density at radius 3 is 1.84 bits per heavy atom. The second kappa shape index (κ2) is 11.9. The summed E-state index contributed by atoms with van der Waals surface area (Å²) >= 11 is 1.78. The van der Waals surface area contributed by atoms with Crippen molar-refractivity contribution in [2.45, 2.75) is 0 Å². The fourth-order valence-corrected chi connectivity index (χ4v) is 9.97. The summed E-state index contributed by atoms with van der Waals surface area (Å²) in [6, 6.07) is 59.1. The molecule has 0 amide bonds. The van der Waals surface area contributed by atoms with Crippen molar-refractivity contribution in [2.24, 2.45) is 0 Å². The first kappa shape index (κ1) is 31.6.